The van der Waals surface area contributed by atoms with Crippen LogP contribution in [0.2, 0.25) is 0 Å². The number of methoxy groups -OCH3 is 1. The van der Waals surface area contributed by atoms with Crippen LogP contribution in [-0.4, -0.2) is 30.9 Å². The van der Waals surface area contributed by atoms with Crippen molar-refractivity contribution in [2.75, 3.05) is 20.3 Å². The number of halogens is 1. The molecule has 3 heterocycles. The van der Waals surface area contributed by atoms with E-state index in [0.717, 1.165) is 0 Å². The quantitative estimate of drug-likeness (QED) is 0.434. The third kappa shape index (κ3) is 4.53. The van der Waals surface area contributed by atoms with Crippen LogP contribution in [0.1, 0.15) is 31.2 Å². The van der Waals surface area contributed by atoms with E-state index in [0.29, 0.717) is 50.0 Å². The Hall–Kier alpha value is -3.11. The van der Waals surface area contributed by atoms with E-state index in [1.165, 1.54) is 29.2 Å². The van der Waals surface area contributed by atoms with Gasteiger partial charge in [-0.05, 0) is 59.6 Å². The van der Waals surface area contributed by atoms with Gasteiger partial charge in [0, 0.05) is 12.3 Å². The first-order chi connectivity index (χ1) is 16.0. The molecule has 1 atom stereocenters. The van der Waals surface area contributed by atoms with Gasteiger partial charge in [0.1, 0.15) is 5.76 Å². The highest BCUT2D eigenvalue weighted by atomic mass is 79.9. The zero-order chi connectivity index (χ0) is 23.5. The van der Waals surface area contributed by atoms with Gasteiger partial charge >= 0.3 is 5.97 Å². The Kier molecular flexibility index (Phi) is 6.85. The molecule has 0 bridgehead atoms. The van der Waals surface area contributed by atoms with Crippen LogP contribution in [0.5, 0.6) is 11.5 Å². The van der Waals surface area contributed by atoms with Gasteiger partial charge in [-0.25, -0.2) is 9.79 Å². The van der Waals surface area contributed by atoms with E-state index in [1.54, 1.807) is 36.4 Å². The number of esters is 1. The molecule has 2 aromatic heterocycles. The normalized spacial score (nSPS) is 15.5. The second-order valence-electron chi connectivity index (χ2n) is 6.89. The van der Waals surface area contributed by atoms with Gasteiger partial charge < -0.3 is 18.6 Å². The second kappa shape index (κ2) is 9.80. The van der Waals surface area contributed by atoms with Gasteiger partial charge in [-0.1, -0.05) is 17.4 Å². The van der Waals surface area contributed by atoms with Crippen molar-refractivity contribution >= 4 is 39.3 Å². The van der Waals surface area contributed by atoms with E-state index in [9.17, 15) is 9.59 Å². The van der Waals surface area contributed by atoms with Crippen molar-refractivity contribution in [2.24, 2.45) is 4.99 Å². The summed E-state index contributed by atoms with van der Waals surface area (Å²) in [4.78, 5) is 30.9. The van der Waals surface area contributed by atoms with Crippen LogP contribution in [0, 0.1) is 0 Å². The molecule has 172 valence electrons. The maximum Gasteiger partial charge on any atom is 0.337 e. The van der Waals surface area contributed by atoms with Gasteiger partial charge in [0.2, 0.25) is 0 Å². The van der Waals surface area contributed by atoms with Crippen LogP contribution in [0.15, 0.2) is 61.0 Å². The van der Waals surface area contributed by atoms with Gasteiger partial charge in [0.15, 0.2) is 21.0 Å². The van der Waals surface area contributed by atoms with Crippen molar-refractivity contribution in [1.82, 2.24) is 4.57 Å². The number of benzene rings is 1. The molecule has 4 rings (SSSR count). The molecule has 0 spiro atoms. The van der Waals surface area contributed by atoms with Crippen molar-refractivity contribution in [3.05, 3.63) is 77.8 Å². The molecule has 0 aliphatic carbocycles. The molecule has 3 aromatic rings. The first-order valence-electron chi connectivity index (χ1n) is 10.2. The smallest absolute Gasteiger partial charge is 0.337 e. The Bertz CT molecular complexity index is 1400. The lowest BCUT2D eigenvalue weighted by Crippen LogP contribution is -2.39. The molecular weight excluding hydrogens is 512 g/mol. The number of fused-ring (bicyclic) bond motifs is 1. The lowest BCUT2D eigenvalue weighted by atomic mass is 9.97. The number of hydrogen-bond donors (Lipinski definition) is 0. The van der Waals surface area contributed by atoms with Crippen LogP contribution in [0.4, 0.5) is 0 Å². The molecule has 0 saturated heterocycles. The number of furan rings is 1. The number of nitrogens with zero attached hydrogens (tertiary/aromatic N) is 2. The highest BCUT2D eigenvalue weighted by Crippen LogP contribution is 2.35. The molecule has 0 N–H and O–H groups in total. The van der Waals surface area contributed by atoms with E-state index < -0.39 is 12.0 Å². The molecule has 33 heavy (non-hydrogen) atoms. The molecule has 0 fully saturated rings. The Labute approximate surface area is 201 Å². The molecule has 1 aliphatic heterocycles. The number of hydrogen-bond acceptors (Lipinski definition) is 8. The molecule has 1 aromatic carbocycles. The van der Waals surface area contributed by atoms with E-state index in [1.807, 2.05) is 13.8 Å². The van der Waals surface area contributed by atoms with E-state index in [4.69, 9.17) is 18.6 Å². The van der Waals surface area contributed by atoms with Gasteiger partial charge in [-0.3, -0.25) is 9.36 Å². The lowest BCUT2D eigenvalue weighted by Gasteiger charge is -2.23. The summed E-state index contributed by atoms with van der Waals surface area (Å²) >= 11 is 4.47. The molecule has 1 aliphatic rings. The van der Waals surface area contributed by atoms with Crippen LogP contribution >= 0.6 is 27.3 Å². The average molecular weight is 533 g/mol. The Morgan fingerprint density at radius 1 is 1.21 bits per heavy atom. The Balaban J connectivity index is 1.90. The molecule has 0 amide bonds. The van der Waals surface area contributed by atoms with Crippen molar-refractivity contribution in [3.8, 4) is 11.5 Å². The van der Waals surface area contributed by atoms with Crippen molar-refractivity contribution < 1.29 is 23.4 Å². The van der Waals surface area contributed by atoms with Crippen LogP contribution in [0.25, 0.3) is 6.08 Å². The van der Waals surface area contributed by atoms with E-state index >= 15 is 0 Å². The summed E-state index contributed by atoms with van der Waals surface area (Å²) in [5.74, 6) is 1.07. The third-order valence-corrected chi connectivity index (χ3v) is 6.30. The Morgan fingerprint density at radius 2 is 1.97 bits per heavy atom. The highest BCUT2D eigenvalue weighted by Gasteiger charge is 2.31. The van der Waals surface area contributed by atoms with Gasteiger partial charge in [0.25, 0.3) is 5.56 Å². The number of carbonyl (C=O) groups excluding carboxylic acids is 1. The van der Waals surface area contributed by atoms with Crippen LogP contribution in [0.3, 0.4) is 0 Å². The first kappa shape index (κ1) is 23.1. The van der Waals surface area contributed by atoms with E-state index in [-0.39, 0.29) is 11.1 Å². The fraction of sp³-hybridized carbons (Fsp3) is 0.261. The zero-order valence-electron chi connectivity index (χ0n) is 18.2. The van der Waals surface area contributed by atoms with Crippen LogP contribution < -0.4 is 24.4 Å². The molecule has 0 radical (unpaired) electrons. The fourth-order valence-electron chi connectivity index (χ4n) is 3.52. The van der Waals surface area contributed by atoms with Gasteiger partial charge in [-0.2, -0.15) is 0 Å². The summed E-state index contributed by atoms with van der Waals surface area (Å²) < 4.78 is 24.4. The zero-order valence-corrected chi connectivity index (χ0v) is 20.6. The lowest BCUT2D eigenvalue weighted by molar-refractivity contribution is -0.136. The summed E-state index contributed by atoms with van der Waals surface area (Å²) in [6.45, 7) is 4.67. The number of aromatic nitrogens is 1. The molecule has 8 nitrogen and oxygen atoms in total. The molecular formula is C23H21BrN2O6S. The Morgan fingerprint density at radius 3 is 2.64 bits per heavy atom. The molecule has 0 saturated carbocycles. The predicted molar refractivity (Wildman–Crippen MR) is 126 cm³/mol. The second-order valence-corrected chi connectivity index (χ2v) is 8.68. The first-order valence-corrected chi connectivity index (χ1v) is 11.8. The SMILES string of the molecule is CCOc1ccc([C@H]2C(C(=O)OC)=CN=c3s/c(=C\c4ccc(Br)o4)c(=O)n32)cc1OCC. The monoisotopic (exact) mass is 532 g/mol. The number of thiazole rings is 1. The van der Waals surface area contributed by atoms with Gasteiger partial charge in [0.05, 0.1) is 36.5 Å². The number of ether oxygens (including phenoxy) is 3. The van der Waals surface area contributed by atoms with E-state index in [2.05, 4.69) is 20.9 Å². The molecule has 0 unspecified atom stereocenters. The summed E-state index contributed by atoms with van der Waals surface area (Å²) in [7, 11) is 1.30. The molecule has 10 heteroatoms. The minimum atomic E-state index is -0.742. The maximum absolute atomic E-state index is 13.4. The minimum absolute atomic E-state index is 0.240. The minimum Gasteiger partial charge on any atom is -0.490 e. The topological polar surface area (TPSA) is 92.3 Å². The number of carbonyl (C=O) groups is 1. The van der Waals surface area contributed by atoms with Gasteiger partial charge in [-0.15, -0.1) is 0 Å². The van der Waals surface area contributed by atoms with Crippen molar-refractivity contribution in [2.45, 2.75) is 19.9 Å². The predicted octanol–water partition coefficient (Wildman–Crippen LogP) is 3.17. The van der Waals surface area contributed by atoms with Crippen LogP contribution in [-0.2, 0) is 9.53 Å². The highest BCUT2D eigenvalue weighted by molar-refractivity contribution is 9.10. The summed E-state index contributed by atoms with van der Waals surface area (Å²) in [5.41, 5.74) is 0.614. The average Bonchev–Trinajstić information content (AvgIpc) is 3.36. The third-order valence-electron chi connectivity index (χ3n) is 4.88. The van der Waals surface area contributed by atoms with Crippen molar-refractivity contribution in [1.29, 1.82) is 0 Å². The summed E-state index contributed by atoms with van der Waals surface area (Å²) in [6.07, 6.45) is 3.10. The fourth-order valence-corrected chi connectivity index (χ4v) is 4.79. The largest absolute Gasteiger partial charge is 0.490 e. The number of rotatable bonds is 7. The van der Waals surface area contributed by atoms with Crippen molar-refractivity contribution in [3.63, 3.8) is 0 Å². The summed E-state index contributed by atoms with van der Waals surface area (Å²) in [5, 5.41) is 0. The summed E-state index contributed by atoms with van der Waals surface area (Å²) in [6, 6.07) is 8.11. The standard InChI is InChI=1S/C23H21BrN2O6S/c1-4-30-16-8-6-13(10-17(16)31-5-2)20-15(22(28)29-3)12-25-23-26(20)21(27)18(33-23)11-14-7-9-19(24)32-14/h6-12,20H,4-5H2,1-3H3/b18-11-/t20-/m0/s1. The maximum atomic E-state index is 13.4.